The highest BCUT2D eigenvalue weighted by atomic mass is 32.2. The largest absolute Gasteiger partial charge is 0.755 e. The molecule has 0 aromatic heterocycles. The Morgan fingerprint density at radius 2 is 1.61 bits per heavy atom. The Morgan fingerprint density at radius 3 is 2.35 bits per heavy atom. The van der Waals surface area contributed by atoms with Crippen LogP contribution in [-0.4, -0.2) is 21.8 Å². The number of rotatable bonds is 6. The zero-order valence-electron chi connectivity index (χ0n) is 16.6. The van der Waals surface area contributed by atoms with Crippen molar-refractivity contribution in [2.24, 2.45) is 0 Å². The Morgan fingerprint density at radius 1 is 0.903 bits per heavy atom. The van der Waals surface area contributed by atoms with Gasteiger partial charge in [0.15, 0.2) is 0 Å². The topological polar surface area (TPSA) is 81.7 Å². The van der Waals surface area contributed by atoms with Gasteiger partial charge in [-0.3, -0.25) is 13.3 Å². The van der Waals surface area contributed by atoms with Gasteiger partial charge in [0.2, 0.25) is 0 Å². The lowest BCUT2D eigenvalue weighted by molar-refractivity contribution is 0.102. The molecule has 4 rings (SSSR count). The van der Waals surface area contributed by atoms with Crippen LogP contribution in [0.2, 0.25) is 0 Å². The Labute approximate surface area is 182 Å². The highest BCUT2D eigenvalue weighted by Gasteiger charge is 2.20. The van der Waals surface area contributed by atoms with Gasteiger partial charge in [-0.2, -0.15) is 0 Å². The van der Waals surface area contributed by atoms with Crippen molar-refractivity contribution in [2.45, 2.75) is 0 Å². The van der Waals surface area contributed by atoms with E-state index in [2.05, 4.69) is 5.32 Å². The molecule has 4 aromatic carbocycles. The maximum Gasteiger partial charge on any atom is 0.255 e. The molecule has 1 unspecified atom stereocenters. The van der Waals surface area contributed by atoms with E-state index < -0.39 is 11.3 Å². The van der Waals surface area contributed by atoms with Crippen LogP contribution in [0.1, 0.15) is 10.4 Å². The fourth-order valence-electron chi connectivity index (χ4n) is 3.39. The van der Waals surface area contributed by atoms with E-state index in [9.17, 15) is 13.6 Å². The molecule has 6 nitrogen and oxygen atoms in total. The Hall–Kier alpha value is -3.68. The summed E-state index contributed by atoms with van der Waals surface area (Å²) in [4.78, 5) is 12.8. The van der Waals surface area contributed by atoms with Gasteiger partial charge in [-0.1, -0.05) is 54.6 Å². The third-order valence-electron chi connectivity index (χ3n) is 4.83. The summed E-state index contributed by atoms with van der Waals surface area (Å²) in [6.45, 7) is 0. The Bertz CT molecular complexity index is 1260. The zero-order chi connectivity index (χ0) is 21.8. The molecule has 0 aliphatic carbocycles. The Kier molecular flexibility index (Phi) is 5.97. The lowest BCUT2D eigenvalue weighted by Crippen LogP contribution is -2.21. The van der Waals surface area contributed by atoms with Crippen LogP contribution < -0.4 is 14.4 Å². The number of carbonyl (C=O) groups is 1. The standard InChI is InChI=1S/C24H20N2O4S/c1-30-23-15-14-18(24(27)25-19-10-3-2-4-11-19)16-22(23)26(31(28)29)21-13-7-9-17-8-5-6-12-20(17)21/h2-16H,1H3,(H,25,27)(H,28,29)/p-1. The minimum atomic E-state index is -2.66. The average Bonchev–Trinajstić information content (AvgIpc) is 2.80. The number of para-hydroxylation sites is 1. The summed E-state index contributed by atoms with van der Waals surface area (Å²) in [5, 5.41) is 4.46. The number of nitrogens with one attached hydrogen (secondary N) is 1. The van der Waals surface area contributed by atoms with Gasteiger partial charge in [0.25, 0.3) is 5.91 Å². The van der Waals surface area contributed by atoms with Crippen molar-refractivity contribution in [3.8, 4) is 5.75 Å². The number of anilines is 3. The first-order chi connectivity index (χ1) is 15.1. The van der Waals surface area contributed by atoms with Crippen molar-refractivity contribution in [1.29, 1.82) is 0 Å². The molecule has 1 atom stereocenters. The number of ether oxygens (including phenoxy) is 1. The molecule has 31 heavy (non-hydrogen) atoms. The minimum absolute atomic E-state index is 0.243. The molecule has 0 saturated heterocycles. The molecule has 1 N–H and O–H groups in total. The van der Waals surface area contributed by atoms with Gasteiger partial charge < -0.3 is 14.6 Å². The van der Waals surface area contributed by atoms with Crippen LogP contribution >= 0.6 is 0 Å². The smallest absolute Gasteiger partial charge is 0.255 e. The van der Waals surface area contributed by atoms with Crippen LogP contribution in [-0.2, 0) is 11.3 Å². The van der Waals surface area contributed by atoms with Crippen molar-refractivity contribution < 1.29 is 18.3 Å². The van der Waals surface area contributed by atoms with E-state index in [-0.39, 0.29) is 11.6 Å². The number of nitrogens with zero attached hydrogens (tertiary/aromatic N) is 1. The summed E-state index contributed by atoms with van der Waals surface area (Å²) >= 11 is -2.66. The second-order valence-electron chi connectivity index (χ2n) is 6.72. The highest BCUT2D eigenvalue weighted by molar-refractivity contribution is 7.81. The molecule has 156 valence electrons. The van der Waals surface area contributed by atoms with Gasteiger partial charge in [0.05, 0.1) is 29.8 Å². The molecule has 0 spiro atoms. The normalized spacial score (nSPS) is 11.7. The van der Waals surface area contributed by atoms with Crippen LogP contribution in [0.3, 0.4) is 0 Å². The van der Waals surface area contributed by atoms with Gasteiger partial charge in [0.1, 0.15) is 5.75 Å². The maximum absolute atomic E-state index is 12.8. The summed E-state index contributed by atoms with van der Waals surface area (Å²) in [6, 6.07) is 26.6. The predicted octanol–water partition coefficient (Wildman–Crippen LogP) is 5.03. The van der Waals surface area contributed by atoms with E-state index in [1.54, 1.807) is 36.4 Å². The molecule has 0 fully saturated rings. The molecule has 1 amide bonds. The van der Waals surface area contributed by atoms with Crippen molar-refractivity contribution in [2.75, 3.05) is 16.7 Å². The first-order valence-corrected chi connectivity index (χ1v) is 10.5. The summed E-state index contributed by atoms with van der Waals surface area (Å²) in [5.41, 5.74) is 1.65. The molecule has 0 aliphatic heterocycles. The first kappa shape index (κ1) is 20.6. The number of benzene rings is 4. The number of hydrogen-bond acceptors (Lipinski definition) is 4. The number of amides is 1. The summed E-state index contributed by atoms with van der Waals surface area (Å²) in [5.74, 6) is -0.0296. The monoisotopic (exact) mass is 431 g/mol. The second kappa shape index (κ2) is 8.99. The number of hydrogen-bond donors (Lipinski definition) is 1. The van der Waals surface area contributed by atoms with Crippen molar-refractivity contribution in [3.63, 3.8) is 0 Å². The third-order valence-corrected chi connectivity index (χ3v) is 5.52. The van der Waals surface area contributed by atoms with E-state index in [0.717, 1.165) is 15.1 Å². The summed E-state index contributed by atoms with van der Waals surface area (Å²) in [7, 11) is 1.46. The third kappa shape index (κ3) is 4.28. The number of fused-ring (bicyclic) bond motifs is 1. The lowest BCUT2D eigenvalue weighted by Gasteiger charge is -2.29. The average molecular weight is 431 g/mol. The second-order valence-corrected chi connectivity index (χ2v) is 7.52. The molecule has 0 aliphatic rings. The van der Waals surface area contributed by atoms with Crippen LogP contribution in [0, 0.1) is 0 Å². The van der Waals surface area contributed by atoms with Gasteiger partial charge >= 0.3 is 0 Å². The highest BCUT2D eigenvalue weighted by Crippen LogP contribution is 2.39. The SMILES string of the molecule is COc1ccc(C(=O)Nc2ccccc2)cc1N(c1cccc2ccccc12)S(=O)[O-]. The van der Waals surface area contributed by atoms with E-state index in [4.69, 9.17) is 4.74 Å². The molecular weight excluding hydrogens is 412 g/mol. The maximum atomic E-state index is 12.8. The van der Waals surface area contributed by atoms with E-state index in [0.29, 0.717) is 22.7 Å². The molecular formula is C24H19N2O4S-. The van der Waals surface area contributed by atoms with Gasteiger partial charge in [-0.15, -0.1) is 0 Å². The summed E-state index contributed by atoms with van der Waals surface area (Å²) in [6.07, 6.45) is 0. The molecule has 0 radical (unpaired) electrons. The van der Waals surface area contributed by atoms with Crippen molar-refractivity contribution in [1.82, 2.24) is 0 Å². The van der Waals surface area contributed by atoms with Crippen LogP contribution in [0.25, 0.3) is 10.8 Å². The fourth-order valence-corrected chi connectivity index (χ4v) is 4.01. The molecule has 7 heteroatoms. The quantitative estimate of drug-likeness (QED) is 0.434. The van der Waals surface area contributed by atoms with Crippen LogP contribution in [0.15, 0.2) is 91.0 Å². The van der Waals surface area contributed by atoms with Crippen molar-refractivity contribution >= 4 is 45.0 Å². The minimum Gasteiger partial charge on any atom is -0.755 e. The van der Waals surface area contributed by atoms with Crippen LogP contribution in [0.4, 0.5) is 17.1 Å². The first-order valence-electron chi connectivity index (χ1n) is 9.50. The zero-order valence-corrected chi connectivity index (χ0v) is 17.5. The fraction of sp³-hybridized carbons (Fsp3) is 0.0417. The lowest BCUT2D eigenvalue weighted by atomic mass is 10.1. The van der Waals surface area contributed by atoms with Gasteiger partial charge in [-0.05, 0) is 41.8 Å². The number of methoxy groups -OCH3 is 1. The Balaban J connectivity index is 1.81. The van der Waals surface area contributed by atoms with E-state index in [1.165, 1.54) is 13.2 Å². The van der Waals surface area contributed by atoms with Crippen molar-refractivity contribution in [3.05, 3.63) is 96.6 Å². The molecule has 0 saturated carbocycles. The van der Waals surface area contributed by atoms with E-state index >= 15 is 0 Å². The molecule has 0 bridgehead atoms. The summed E-state index contributed by atoms with van der Waals surface area (Å²) < 4.78 is 31.3. The molecule has 4 aromatic rings. The van der Waals surface area contributed by atoms with Crippen LogP contribution in [0.5, 0.6) is 5.75 Å². The predicted molar refractivity (Wildman–Crippen MR) is 122 cm³/mol. The molecule has 0 heterocycles. The van der Waals surface area contributed by atoms with E-state index in [1.807, 2.05) is 48.5 Å². The van der Waals surface area contributed by atoms with Gasteiger partial charge in [-0.25, -0.2) is 0 Å². The van der Waals surface area contributed by atoms with Gasteiger partial charge in [0, 0.05) is 16.6 Å². The number of carbonyl (C=O) groups excluding carboxylic acids is 1.